The van der Waals surface area contributed by atoms with Crippen molar-refractivity contribution in [2.75, 3.05) is 0 Å². The summed E-state index contributed by atoms with van der Waals surface area (Å²) in [6.45, 7) is 8.62. The zero-order valence-corrected chi connectivity index (χ0v) is 15.2. The van der Waals surface area contributed by atoms with E-state index in [0.29, 0.717) is 5.39 Å². The Bertz CT molecular complexity index is 943. The summed E-state index contributed by atoms with van der Waals surface area (Å²) in [6, 6.07) is 10.1. The minimum Gasteiger partial charge on any atom is -0.267 e. The van der Waals surface area contributed by atoms with E-state index in [1.54, 1.807) is 17.6 Å². The van der Waals surface area contributed by atoms with Crippen molar-refractivity contribution in [3.05, 3.63) is 63.0 Å². The van der Waals surface area contributed by atoms with Crippen LogP contribution in [0.25, 0.3) is 10.2 Å². The predicted octanol–water partition coefficient (Wildman–Crippen LogP) is 4.20. The lowest BCUT2D eigenvalue weighted by Gasteiger charge is -2.18. The second-order valence-electron chi connectivity index (χ2n) is 6.80. The first-order valence-electron chi connectivity index (χ1n) is 8.03. The van der Waals surface area contributed by atoms with Gasteiger partial charge in [0.2, 0.25) is 0 Å². The molecule has 0 spiro atoms. The quantitative estimate of drug-likeness (QED) is 0.671. The van der Waals surface area contributed by atoms with Gasteiger partial charge in [0.1, 0.15) is 11.2 Å². The van der Waals surface area contributed by atoms with Crippen LogP contribution in [-0.2, 0) is 11.8 Å². The molecule has 124 valence electrons. The van der Waals surface area contributed by atoms with Gasteiger partial charge in [-0.15, -0.1) is 11.3 Å². The third-order valence-corrected chi connectivity index (χ3v) is 5.13. The summed E-state index contributed by atoms with van der Waals surface area (Å²) in [6.07, 6.45) is 4.08. The molecule has 0 aliphatic carbocycles. The number of benzene rings is 1. The normalized spacial score (nSPS) is 12.3. The van der Waals surface area contributed by atoms with Crippen molar-refractivity contribution in [3.8, 4) is 0 Å². The van der Waals surface area contributed by atoms with Crippen LogP contribution in [0.5, 0.6) is 0 Å². The molecule has 0 saturated heterocycles. The first-order valence-corrected chi connectivity index (χ1v) is 8.85. The summed E-state index contributed by atoms with van der Waals surface area (Å²) in [5.74, 6) is 0. The van der Waals surface area contributed by atoms with Crippen molar-refractivity contribution in [1.82, 2.24) is 9.66 Å². The third-order valence-electron chi connectivity index (χ3n) is 3.94. The van der Waals surface area contributed by atoms with E-state index >= 15 is 0 Å². The van der Waals surface area contributed by atoms with Gasteiger partial charge >= 0.3 is 0 Å². The van der Waals surface area contributed by atoms with E-state index in [1.807, 2.05) is 18.2 Å². The molecule has 2 aromatic heterocycles. The van der Waals surface area contributed by atoms with Gasteiger partial charge in [0.25, 0.3) is 5.56 Å². The molecule has 0 aliphatic rings. The summed E-state index contributed by atoms with van der Waals surface area (Å²) in [4.78, 5) is 18.8. The van der Waals surface area contributed by atoms with E-state index in [4.69, 9.17) is 0 Å². The highest BCUT2D eigenvalue weighted by Crippen LogP contribution is 2.22. The van der Waals surface area contributed by atoms with Gasteiger partial charge in [-0.3, -0.25) is 4.79 Å². The Hall–Kier alpha value is -2.27. The smallest absolute Gasteiger partial charge is 0.267 e. The first kappa shape index (κ1) is 16.6. The Balaban J connectivity index is 1.90. The number of thiophene rings is 1. The summed E-state index contributed by atoms with van der Waals surface area (Å²) in [5.41, 5.74) is 2.22. The van der Waals surface area contributed by atoms with Crippen molar-refractivity contribution in [2.24, 2.45) is 5.10 Å². The van der Waals surface area contributed by atoms with Crippen LogP contribution in [0.4, 0.5) is 0 Å². The molecule has 24 heavy (non-hydrogen) atoms. The summed E-state index contributed by atoms with van der Waals surface area (Å²) >= 11 is 1.56. The number of aryl methyl sites for hydroxylation is 1. The molecular formula is C19H21N3OS. The monoisotopic (exact) mass is 339 g/mol. The highest BCUT2D eigenvalue weighted by molar-refractivity contribution is 7.18. The summed E-state index contributed by atoms with van der Waals surface area (Å²) in [7, 11) is 0. The van der Waals surface area contributed by atoms with E-state index in [1.165, 1.54) is 16.6 Å². The molecule has 1 aromatic carbocycles. The maximum Gasteiger partial charge on any atom is 0.282 e. The van der Waals surface area contributed by atoms with E-state index < -0.39 is 0 Å². The number of aromatic nitrogens is 2. The number of hydrogen-bond donors (Lipinski definition) is 0. The lowest BCUT2D eigenvalue weighted by Crippen LogP contribution is -2.16. The predicted molar refractivity (Wildman–Crippen MR) is 101 cm³/mol. The zero-order valence-electron chi connectivity index (χ0n) is 14.4. The van der Waals surface area contributed by atoms with Crippen LogP contribution in [0.3, 0.4) is 0 Å². The molecule has 3 aromatic rings. The minimum absolute atomic E-state index is 0.123. The maximum atomic E-state index is 12.5. The molecule has 0 saturated carbocycles. The highest BCUT2D eigenvalue weighted by atomic mass is 32.1. The lowest BCUT2D eigenvalue weighted by atomic mass is 9.87. The van der Waals surface area contributed by atoms with Crippen LogP contribution in [0.2, 0.25) is 0 Å². The standard InChI is InChI=1S/C19H21N3OS/c1-5-15-10-16-17(24-15)20-12-22(18(16)23)21-11-13-6-8-14(9-7-13)19(2,3)4/h6-12H,5H2,1-4H3/b21-11-. The zero-order chi connectivity index (χ0) is 17.3. The lowest BCUT2D eigenvalue weighted by molar-refractivity contribution is 0.590. The van der Waals surface area contributed by atoms with E-state index in [-0.39, 0.29) is 11.0 Å². The second kappa shape index (κ2) is 6.32. The molecule has 5 heteroatoms. The number of fused-ring (bicyclic) bond motifs is 1. The summed E-state index contributed by atoms with van der Waals surface area (Å²) < 4.78 is 1.30. The van der Waals surface area contributed by atoms with Gasteiger partial charge < -0.3 is 0 Å². The fourth-order valence-corrected chi connectivity index (χ4v) is 3.34. The van der Waals surface area contributed by atoms with Gasteiger partial charge in [0.15, 0.2) is 0 Å². The minimum atomic E-state index is -0.126. The van der Waals surface area contributed by atoms with Gasteiger partial charge in [0, 0.05) is 4.88 Å². The molecule has 0 aliphatic heterocycles. The molecule has 0 N–H and O–H groups in total. The van der Waals surface area contributed by atoms with E-state index in [0.717, 1.165) is 21.7 Å². The number of rotatable bonds is 3. The molecule has 4 nitrogen and oxygen atoms in total. The van der Waals surface area contributed by atoms with Gasteiger partial charge in [-0.25, -0.2) is 4.98 Å². The Morgan fingerprint density at radius 1 is 1.25 bits per heavy atom. The van der Waals surface area contributed by atoms with Crippen LogP contribution < -0.4 is 5.56 Å². The molecule has 0 unspecified atom stereocenters. The van der Waals surface area contributed by atoms with Crippen LogP contribution >= 0.6 is 11.3 Å². The molecule has 0 amide bonds. The van der Waals surface area contributed by atoms with Crippen molar-refractivity contribution < 1.29 is 0 Å². The Labute approximate surface area is 145 Å². The largest absolute Gasteiger partial charge is 0.282 e. The van der Waals surface area contributed by atoms with E-state index in [9.17, 15) is 4.79 Å². The molecule has 0 atom stereocenters. The fraction of sp³-hybridized carbons (Fsp3) is 0.316. The van der Waals surface area contributed by atoms with Gasteiger partial charge in [-0.05, 0) is 29.0 Å². The molecule has 2 heterocycles. The molecule has 0 bridgehead atoms. The summed E-state index contributed by atoms with van der Waals surface area (Å²) in [5, 5.41) is 4.91. The number of hydrogen-bond acceptors (Lipinski definition) is 4. The molecule has 0 fully saturated rings. The van der Waals surface area contributed by atoms with Crippen LogP contribution in [0, 0.1) is 0 Å². The van der Waals surface area contributed by atoms with Crippen molar-refractivity contribution >= 4 is 27.8 Å². The van der Waals surface area contributed by atoms with Crippen LogP contribution in [0.15, 0.2) is 46.6 Å². The second-order valence-corrected chi connectivity index (χ2v) is 7.91. The van der Waals surface area contributed by atoms with Crippen molar-refractivity contribution in [3.63, 3.8) is 0 Å². The number of nitrogens with zero attached hydrogens (tertiary/aromatic N) is 3. The third kappa shape index (κ3) is 3.31. The molecule has 0 radical (unpaired) electrons. The SMILES string of the molecule is CCc1cc2c(=O)n(/N=C\c3ccc(C(C)(C)C)cc3)cnc2s1. The van der Waals surface area contributed by atoms with Gasteiger partial charge in [-0.1, -0.05) is 52.0 Å². The van der Waals surface area contributed by atoms with Crippen LogP contribution in [-0.4, -0.2) is 15.9 Å². The highest BCUT2D eigenvalue weighted by Gasteiger charge is 2.12. The van der Waals surface area contributed by atoms with E-state index in [2.05, 4.69) is 49.9 Å². The fourth-order valence-electron chi connectivity index (χ4n) is 2.42. The van der Waals surface area contributed by atoms with Crippen molar-refractivity contribution in [1.29, 1.82) is 0 Å². The average Bonchev–Trinajstić information content (AvgIpc) is 2.98. The Morgan fingerprint density at radius 3 is 2.58 bits per heavy atom. The molecular weight excluding hydrogens is 318 g/mol. The van der Waals surface area contributed by atoms with Gasteiger partial charge in [0.05, 0.1) is 11.6 Å². The molecule has 3 rings (SSSR count). The Morgan fingerprint density at radius 2 is 1.96 bits per heavy atom. The maximum absolute atomic E-state index is 12.5. The first-order chi connectivity index (χ1) is 11.4. The van der Waals surface area contributed by atoms with Gasteiger partial charge in [-0.2, -0.15) is 9.78 Å². The van der Waals surface area contributed by atoms with Crippen LogP contribution in [0.1, 0.15) is 43.7 Å². The Kier molecular flexibility index (Phi) is 4.37. The van der Waals surface area contributed by atoms with Crippen molar-refractivity contribution in [2.45, 2.75) is 39.5 Å². The topological polar surface area (TPSA) is 47.2 Å². The average molecular weight is 339 g/mol.